The fourth-order valence-corrected chi connectivity index (χ4v) is 3.07. The summed E-state index contributed by atoms with van der Waals surface area (Å²) >= 11 is 5.82. The van der Waals surface area contributed by atoms with E-state index in [9.17, 15) is 14.4 Å². The molecule has 2 aromatic rings. The molecule has 1 aromatic carbocycles. The van der Waals surface area contributed by atoms with Gasteiger partial charge in [0.2, 0.25) is 0 Å². The molecule has 0 spiro atoms. The summed E-state index contributed by atoms with van der Waals surface area (Å²) in [6.07, 6.45) is 2.00. The van der Waals surface area contributed by atoms with Crippen molar-refractivity contribution in [2.24, 2.45) is 0 Å². The first kappa shape index (κ1) is 18.9. The molecule has 1 atom stereocenters. The number of aldehydes is 1. The number of carbonyl (C=O) groups excluding carboxylic acids is 3. The Balaban J connectivity index is 1.60. The molecule has 0 saturated carbocycles. The Morgan fingerprint density at radius 3 is 2.89 bits per heavy atom. The third kappa shape index (κ3) is 4.46. The number of ketones is 1. The zero-order valence-corrected chi connectivity index (χ0v) is 15.3. The number of rotatable bonds is 7. The zero-order valence-electron chi connectivity index (χ0n) is 14.6. The van der Waals surface area contributed by atoms with Gasteiger partial charge in [0.25, 0.3) is 0 Å². The third-order valence-electron chi connectivity index (χ3n) is 4.32. The second-order valence-corrected chi connectivity index (χ2v) is 6.55. The first-order chi connectivity index (χ1) is 13.0. The van der Waals surface area contributed by atoms with Crippen molar-refractivity contribution in [2.45, 2.75) is 25.9 Å². The number of hydrogen-bond donors (Lipinski definition) is 0. The van der Waals surface area contributed by atoms with Crippen molar-refractivity contribution < 1.29 is 28.3 Å². The number of furan rings is 1. The lowest BCUT2D eigenvalue weighted by Crippen LogP contribution is -2.22. The average Bonchev–Trinajstić information content (AvgIpc) is 3.25. The largest absolute Gasteiger partial charge is 0.481 e. The molecule has 1 aliphatic carbocycles. The van der Waals surface area contributed by atoms with Gasteiger partial charge in [-0.05, 0) is 42.8 Å². The van der Waals surface area contributed by atoms with Gasteiger partial charge in [0.1, 0.15) is 17.6 Å². The summed E-state index contributed by atoms with van der Waals surface area (Å²) in [6, 6.07) is 8.05. The van der Waals surface area contributed by atoms with Gasteiger partial charge in [-0.15, -0.1) is 0 Å². The zero-order chi connectivity index (χ0) is 19.4. The summed E-state index contributed by atoms with van der Waals surface area (Å²) in [6.45, 7) is 1.39. The number of carbonyl (C=O) groups is 3. The minimum Gasteiger partial charge on any atom is -0.481 e. The predicted octanol–water partition coefficient (Wildman–Crippen LogP) is 3.57. The maximum atomic E-state index is 12.2. The summed E-state index contributed by atoms with van der Waals surface area (Å²) in [5.41, 5.74) is 1.55. The first-order valence-electron chi connectivity index (χ1n) is 8.30. The molecule has 1 aliphatic rings. The van der Waals surface area contributed by atoms with Gasteiger partial charge in [-0.3, -0.25) is 9.59 Å². The molecule has 27 heavy (non-hydrogen) atoms. The highest BCUT2D eigenvalue weighted by Crippen LogP contribution is 2.29. The monoisotopic (exact) mass is 388 g/mol. The molecule has 3 rings (SSSR count). The lowest BCUT2D eigenvalue weighted by molar-refractivity contribution is -0.149. The fraction of sp³-hybridized carbons (Fsp3) is 0.250. The second kappa shape index (κ2) is 8.22. The number of Topliss-reactive ketones (excluding diaryl/α,β-unsaturated/α-hetero) is 1. The molecule has 0 amide bonds. The number of esters is 1. The summed E-state index contributed by atoms with van der Waals surface area (Å²) < 4.78 is 16.0. The highest BCUT2D eigenvalue weighted by Gasteiger charge is 2.32. The standard InChI is InChI=1S/C20H17ClO6/c1-12-16(8-15-3-2-6-25-15)17(23)9-19(12)27-20(24)11-26-18-5-4-14(21)7-13(18)10-22/h2-7,10,19H,8-9,11H2,1H3. The van der Waals surface area contributed by atoms with Crippen LogP contribution < -0.4 is 4.74 Å². The van der Waals surface area contributed by atoms with E-state index in [1.165, 1.54) is 12.1 Å². The van der Waals surface area contributed by atoms with E-state index >= 15 is 0 Å². The quantitative estimate of drug-likeness (QED) is 0.532. The van der Waals surface area contributed by atoms with E-state index < -0.39 is 12.1 Å². The van der Waals surface area contributed by atoms with Crippen LogP contribution in [0.1, 0.15) is 29.5 Å². The van der Waals surface area contributed by atoms with E-state index in [4.69, 9.17) is 25.5 Å². The maximum Gasteiger partial charge on any atom is 0.344 e. The highest BCUT2D eigenvalue weighted by molar-refractivity contribution is 6.30. The van der Waals surface area contributed by atoms with Gasteiger partial charge in [0.15, 0.2) is 18.7 Å². The van der Waals surface area contributed by atoms with Gasteiger partial charge in [-0.25, -0.2) is 4.79 Å². The van der Waals surface area contributed by atoms with Gasteiger partial charge < -0.3 is 13.9 Å². The van der Waals surface area contributed by atoms with Crippen molar-refractivity contribution in [1.82, 2.24) is 0 Å². The molecule has 0 fully saturated rings. The van der Waals surface area contributed by atoms with Crippen LogP contribution in [0.15, 0.2) is 52.2 Å². The number of benzene rings is 1. The Labute approximate surface area is 160 Å². The van der Waals surface area contributed by atoms with Crippen LogP contribution in [0.25, 0.3) is 0 Å². The Hall–Kier alpha value is -2.86. The Morgan fingerprint density at radius 1 is 1.37 bits per heavy atom. The fourth-order valence-electron chi connectivity index (χ4n) is 2.89. The smallest absolute Gasteiger partial charge is 0.344 e. The van der Waals surface area contributed by atoms with Crippen molar-refractivity contribution in [1.29, 1.82) is 0 Å². The number of allylic oxidation sites excluding steroid dienone is 1. The van der Waals surface area contributed by atoms with E-state index in [0.29, 0.717) is 34.6 Å². The van der Waals surface area contributed by atoms with Gasteiger partial charge >= 0.3 is 5.97 Å². The molecular weight excluding hydrogens is 372 g/mol. The Kier molecular flexibility index (Phi) is 5.76. The molecule has 0 N–H and O–H groups in total. The number of hydrogen-bond acceptors (Lipinski definition) is 6. The number of ether oxygens (including phenoxy) is 2. The van der Waals surface area contributed by atoms with Gasteiger partial charge in [0.05, 0.1) is 18.2 Å². The SMILES string of the molecule is CC1=C(Cc2ccco2)C(=O)CC1OC(=O)COc1ccc(Cl)cc1C=O. The minimum atomic E-state index is -0.627. The van der Waals surface area contributed by atoms with Crippen LogP contribution in [0.5, 0.6) is 5.75 Å². The van der Waals surface area contributed by atoms with Crippen LogP contribution in [0.4, 0.5) is 0 Å². The van der Waals surface area contributed by atoms with Gasteiger partial charge in [0, 0.05) is 17.0 Å². The third-order valence-corrected chi connectivity index (χ3v) is 4.55. The molecule has 7 heteroatoms. The predicted molar refractivity (Wildman–Crippen MR) is 97.0 cm³/mol. The lowest BCUT2D eigenvalue weighted by Gasteiger charge is -2.14. The van der Waals surface area contributed by atoms with Crippen LogP contribution in [0.2, 0.25) is 5.02 Å². The summed E-state index contributed by atoms with van der Waals surface area (Å²) in [5.74, 6) is 0.221. The molecule has 0 bridgehead atoms. The van der Waals surface area contributed by atoms with Gasteiger partial charge in [-0.1, -0.05) is 11.6 Å². The van der Waals surface area contributed by atoms with E-state index in [1.54, 1.807) is 31.4 Å². The minimum absolute atomic E-state index is 0.0661. The Morgan fingerprint density at radius 2 is 2.19 bits per heavy atom. The van der Waals surface area contributed by atoms with Crippen molar-refractivity contribution in [3.05, 3.63) is 64.1 Å². The van der Waals surface area contributed by atoms with Crippen LogP contribution >= 0.6 is 11.6 Å². The van der Waals surface area contributed by atoms with Crippen LogP contribution in [0, 0.1) is 0 Å². The van der Waals surface area contributed by atoms with Crippen LogP contribution in [-0.4, -0.2) is 30.7 Å². The molecule has 1 unspecified atom stereocenters. The van der Waals surface area contributed by atoms with Crippen molar-refractivity contribution in [3.8, 4) is 5.75 Å². The summed E-state index contributed by atoms with van der Waals surface area (Å²) in [5, 5.41) is 0.390. The molecule has 1 heterocycles. The second-order valence-electron chi connectivity index (χ2n) is 6.11. The topological polar surface area (TPSA) is 82.8 Å². The number of halogens is 1. The van der Waals surface area contributed by atoms with E-state index in [2.05, 4.69) is 0 Å². The molecule has 0 aliphatic heterocycles. The van der Waals surface area contributed by atoms with Crippen molar-refractivity contribution in [3.63, 3.8) is 0 Å². The maximum absolute atomic E-state index is 12.2. The molecule has 0 saturated heterocycles. The Bertz CT molecular complexity index is 897. The van der Waals surface area contributed by atoms with Crippen molar-refractivity contribution in [2.75, 3.05) is 6.61 Å². The average molecular weight is 389 g/mol. The van der Waals surface area contributed by atoms with Crippen LogP contribution in [-0.2, 0) is 20.7 Å². The molecule has 0 radical (unpaired) electrons. The van der Waals surface area contributed by atoms with Crippen molar-refractivity contribution >= 4 is 29.6 Å². The molecule has 140 valence electrons. The van der Waals surface area contributed by atoms with Crippen LogP contribution in [0.3, 0.4) is 0 Å². The summed E-state index contributed by atoms with van der Waals surface area (Å²) in [7, 11) is 0. The van der Waals surface area contributed by atoms with Gasteiger partial charge in [-0.2, -0.15) is 0 Å². The summed E-state index contributed by atoms with van der Waals surface area (Å²) in [4.78, 5) is 35.4. The highest BCUT2D eigenvalue weighted by atomic mass is 35.5. The van der Waals surface area contributed by atoms with E-state index in [1.807, 2.05) is 0 Å². The molecule has 6 nitrogen and oxygen atoms in total. The van der Waals surface area contributed by atoms with E-state index in [0.717, 1.165) is 0 Å². The molecule has 1 aromatic heterocycles. The molecular formula is C20H17ClO6. The first-order valence-corrected chi connectivity index (χ1v) is 8.68. The normalized spacial score (nSPS) is 16.5. The van der Waals surface area contributed by atoms with E-state index in [-0.39, 0.29) is 30.1 Å². The lowest BCUT2D eigenvalue weighted by atomic mass is 10.1.